The summed E-state index contributed by atoms with van der Waals surface area (Å²) in [5.41, 5.74) is 3.57. The smallest absolute Gasteiger partial charge is 0.251 e. The van der Waals surface area contributed by atoms with E-state index in [4.69, 9.17) is 0 Å². The van der Waals surface area contributed by atoms with Crippen LogP contribution in [0.3, 0.4) is 0 Å². The second-order valence-electron chi connectivity index (χ2n) is 6.10. The summed E-state index contributed by atoms with van der Waals surface area (Å²) >= 11 is 2.86. The lowest BCUT2D eigenvalue weighted by Gasteiger charge is -2.06. The summed E-state index contributed by atoms with van der Waals surface area (Å²) in [7, 11) is 0. The number of carbonyl (C=O) groups excluding carboxylic acids is 2. The van der Waals surface area contributed by atoms with Gasteiger partial charge in [0.1, 0.15) is 5.01 Å². The highest BCUT2D eigenvalue weighted by Gasteiger charge is 2.12. The van der Waals surface area contributed by atoms with Crippen molar-refractivity contribution in [2.75, 3.05) is 11.9 Å². The van der Waals surface area contributed by atoms with Crippen molar-refractivity contribution in [2.24, 2.45) is 0 Å². The second kappa shape index (κ2) is 8.76. The summed E-state index contributed by atoms with van der Waals surface area (Å²) in [6, 6.07) is 19.1. The van der Waals surface area contributed by atoms with Gasteiger partial charge in [-0.1, -0.05) is 53.8 Å². The number of hydrogen-bond acceptors (Lipinski definition) is 6. The number of carbonyl (C=O) groups is 2. The van der Waals surface area contributed by atoms with Crippen LogP contribution in [0.5, 0.6) is 0 Å². The van der Waals surface area contributed by atoms with E-state index < -0.39 is 0 Å². The van der Waals surface area contributed by atoms with Gasteiger partial charge in [-0.15, -0.1) is 10.2 Å². The van der Waals surface area contributed by atoms with Crippen molar-refractivity contribution in [3.05, 3.63) is 77.0 Å². The number of hydrogen-bond donors (Lipinski definition) is 2. The van der Waals surface area contributed by atoms with Gasteiger partial charge in [0.2, 0.25) is 11.0 Å². The molecule has 0 bridgehead atoms. The molecule has 4 rings (SSSR count). The van der Waals surface area contributed by atoms with Gasteiger partial charge in [-0.05, 0) is 34.7 Å². The molecule has 144 valence electrons. The molecule has 0 fully saturated rings. The van der Waals surface area contributed by atoms with E-state index in [0.29, 0.717) is 10.7 Å². The van der Waals surface area contributed by atoms with Gasteiger partial charge in [0, 0.05) is 16.5 Å². The maximum absolute atomic E-state index is 12.3. The molecule has 0 aliphatic carbocycles. The molecule has 0 saturated carbocycles. The zero-order valence-corrected chi connectivity index (χ0v) is 16.8. The quantitative estimate of drug-likeness (QED) is 0.487. The first-order valence-corrected chi connectivity index (χ1v) is 10.5. The van der Waals surface area contributed by atoms with Gasteiger partial charge in [0.15, 0.2) is 0 Å². The number of anilines is 1. The predicted octanol–water partition coefficient (Wildman–Crippen LogP) is 4.30. The van der Waals surface area contributed by atoms with Crippen LogP contribution in [0.4, 0.5) is 5.13 Å². The molecule has 0 spiro atoms. The molecule has 0 radical (unpaired) electrons. The van der Waals surface area contributed by atoms with Crippen LogP contribution >= 0.6 is 22.7 Å². The Morgan fingerprint density at radius 3 is 2.34 bits per heavy atom. The Morgan fingerprint density at radius 1 is 0.862 bits per heavy atom. The van der Waals surface area contributed by atoms with Crippen LogP contribution in [-0.4, -0.2) is 28.6 Å². The Morgan fingerprint density at radius 2 is 1.62 bits per heavy atom. The molecule has 0 unspecified atom stereocenters. The van der Waals surface area contributed by atoms with E-state index in [0.717, 1.165) is 21.7 Å². The minimum Gasteiger partial charge on any atom is -0.343 e. The van der Waals surface area contributed by atoms with Crippen LogP contribution in [0, 0.1) is 0 Å². The van der Waals surface area contributed by atoms with Crippen LogP contribution < -0.4 is 10.6 Å². The van der Waals surface area contributed by atoms with Crippen molar-refractivity contribution in [2.45, 2.75) is 0 Å². The zero-order valence-electron chi connectivity index (χ0n) is 15.2. The Bertz CT molecular complexity index is 1110. The Kier molecular flexibility index (Phi) is 5.73. The van der Waals surface area contributed by atoms with E-state index >= 15 is 0 Å². The van der Waals surface area contributed by atoms with Crippen LogP contribution in [0.15, 0.2) is 71.4 Å². The molecule has 2 aromatic heterocycles. The Balaban J connectivity index is 1.30. The molecular weight excluding hydrogens is 404 g/mol. The number of amides is 2. The van der Waals surface area contributed by atoms with E-state index in [9.17, 15) is 9.59 Å². The number of aromatic nitrogens is 2. The van der Waals surface area contributed by atoms with Crippen LogP contribution in [-0.2, 0) is 4.79 Å². The topological polar surface area (TPSA) is 84.0 Å². The molecule has 0 aliphatic rings. The van der Waals surface area contributed by atoms with Crippen molar-refractivity contribution >= 4 is 39.6 Å². The summed E-state index contributed by atoms with van der Waals surface area (Å²) in [5.74, 6) is -0.664. The van der Waals surface area contributed by atoms with E-state index in [2.05, 4.69) is 20.8 Å². The largest absolute Gasteiger partial charge is 0.343 e. The zero-order chi connectivity index (χ0) is 20.1. The maximum atomic E-state index is 12.3. The van der Waals surface area contributed by atoms with Crippen LogP contribution in [0.2, 0.25) is 0 Å². The number of nitrogens with zero attached hydrogens (tertiary/aromatic N) is 2. The highest BCUT2D eigenvalue weighted by Crippen LogP contribution is 2.27. The van der Waals surface area contributed by atoms with Gasteiger partial charge in [0.05, 0.1) is 6.54 Å². The molecule has 2 aromatic carbocycles. The highest BCUT2D eigenvalue weighted by atomic mass is 32.1. The summed E-state index contributed by atoms with van der Waals surface area (Å²) in [6.07, 6.45) is 0. The molecule has 0 atom stereocenters. The molecule has 29 heavy (non-hydrogen) atoms. The molecule has 2 N–H and O–H groups in total. The highest BCUT2D eigenvalue weighted by molar-refractivity contribution is 7.19. The average Bonchev–Trinajstić information content (AvgIpc) is 3.45. The Labute approximate surface area is 175 Å². The summed E-state index contributed by atoms with van der Waals surface area (Å²) in [5, 5.41) is 18.4. The van der Waals surface area contributed by atoms with Gasteiger partial charge >= 0.3 is 0 Å². The number of thiophene rings is 1. The average molecular weight is 421 g/mol. The SMILES string of the molecule is O=C(CNC(=O)c1ccc(-c2ccccc2)cc1)Nc1nnc(-c2ccsc2)s1. The van der Waals surface area contributed by atoms with Crippen molar-refractivity contribution in [3.63, 3.8) is 0 Å². The lowest BCUT2D eigenvalue weighted by Crippen LogP contribution is -2.32. The number of rotatable bonds is 6. The van der Waals surface area contributed by atoms with Gasteiger partial charge < -0.3 is 5.32 Å². The number of benzene rings is 2. The van der Waals surface area contributed by atoms with Gasteiger partial charge in [-0.2, -0.15) is 11.3 Å². The van der Waals surface area contributed by atoms with E-state index in [1.165, 1.54) is 11.3 Å². The predicted molar refractivity (Wildman–Crippen MR) is 116 cm³/mol. The van der Waals surface area contributed by atoms with Crippen molar-refractivity contribution in [3.8, 4) is 21.7 Å². The normalized spacial score (nSPS) is 10.5. The van der Waals surface area contributed by atoms with Crippen LogP contribution in [0.1, 0.15) is 10.4 Å². The summed E-state index contributed by atoms with van der Waals surface area (Å²) in [4.78, 5) is 24.4. The maximum Gasteiger partial charge on any atom is 0.251 e. The molecule has 4 aromatic rings. The molecule has 2 heterocycles. The lowest BCUT2D eigenvalue weighted by molar-refractivity contribution is -0.115. The lowest BCUT2D eigenvalue weighted by atomic mass is 10.0. The van der Waals surface area contributed by atoms with E-state index in [-0.39, 0.29) is 18.4 Å². The van der Waals surface area contributed by atoms with Crippen molar-refractivity contribution < 1.29 is 9.59 Å². The third-order valence-electron chi connectivity index (χ3n) is 4.10. The van der Waals surface area contributed by atoms with Gasteiger partial charge in [-0.25, -0.2) is 0 Å². The first-order valence-electron chi connectivity index (χ1n) is 8.78. The third-order valence-corrected chi connectivity index (χ3v) is 5.67. The molecule has 6 nitrogen and oxygen atoms in total. The van der Waals surface area contributed by atoms with Gasteiger partial charge in [-0.3, -0.25) is 14.9 Å². The van der Waals surface area contributed by atoms with E-state index in [1.54, 1.807) is 23.5 Å². The molecule has 8 heteroatoms. The fourth-order valence-electron chi connectivity index (χ4n) is 2.65. The summed E-state index contributed by atoms with van der Waals surface area (Å²) < 4.78 is 0. The molecule has 0 saturated heterocycles. The van der Waals surface area contributed by atoms with Gasteiger partial charge in [0.25, 0.3) is 5.91 Å². The standard InChI is InChI=1S/C21H16N4O2S2/c26-18(23-21-25-24-20(29-21)17-10-11-28-13-17)12-22-19(27)16-8-6-15(7-9-16)14-4-2-1-3-5-14/h1-11,13H,12H2,(H,22,27)(H,23,25,26). The number of nitrogens with one attached hydrogen (secondary N) is 2. The van der Waals surface area contributed by atoms with Crippen molar-refractivity contribution in [1.29, 1.82) is 0 Å². The third kappa shape index (κ3) is 4.74. The van der Waals surface area contributed by atoms with Crippen LogP contribution in [0.25, 0.3) is 21.7 Å². The minimum absolute atomic E-state index is 0.146. The first-order chi connectivity index (χ1) is 14.2. The second-order valence-corrected chi connectivity index (χ2v) is 7.86. The van der Waals surface area contributed by atoms with E-state index in [1.807, 2.05) is 59.3 Å². The molecule has 0 aliphatic heterocycles. The first kappa shape index (κ1) is 19.0. The fraction of sp³-hybridized carbons (Fsp3) is 0.0476. The minimum atomic E-state index is -0.354. The fourth-order valence-corrected chi connectivity index (χ4v) is 4.12. The van der Waals surface area contributed by atoms with Crippen molar-refractivity contribution in [1.82, 2.24) is 15.5 Å². The summed E-state index contributed by atoms with van der Waals surface area (Å²) in [6.45, 7) is -0.146. The molecular formula is C21H16N4O2S2. The Hall–Kier alpha value is -3.36. The molecule has 2 amide bonds. The monoisotopic (exact) mass is 420 g/mol.